The summed E-state index contributed by atoms with van der Waals surface area (Å²) in [4.78, 5) is 25.6. The van der Waals surface area contributed by atoms with Crippen molar-refractivity contribution >= 4 is 17.5 Å². The lowest BCUT2D eigenvalue weighted by Gasteiger charge is -2.25. The van der Waals surface area contributed by atoms with Crippen LogP contribution in [0.15, 0.2) is 48.5 Å². The van der Waals surface area contributed by atoms with Gasteiger partial charge in [-0.3, -0.25) is 9.59 Å². The minimum absolute atomic E-state index is 0.147. The number of hydrogen-bond acceptors (Lipinski definition) is 3. The first-order valence-electron chi connectivity index (χ1n) is 8.09. The Kier molecular flexibility index (Phi) is 4.51. The molecule has 0 aliphatic carbocycles. The van der Waals surface area contributed by atoms with Gasteiger partial charge in [0.05, 0.1) is 0 Å². The monoisotopic (exact) mass is 323 g/mol. The highest BCUT2D eigenvalue weighted by atomic mass is 16.2. The summed E-state index contributed by atoms with van der Waals surface area (Å²) in [7, 11) is 0. The molecule has 0 fully saturated rings. The van der Waals surface area contributed by atoms with Crippen LogP contribution in [0.2, 0.25) is 0 Å². The molecule has 0 saturated carbocycles. The molecule has 1 atom stereocenters. The molecule has 3 N–H and O–H groups in total. The molecule has 1 aliphatic rings. The van der Waals surface area contributed by atoms with Gasteiger partial charge < -0.3 is 16.0 Å². The molecule has 2 aromatic rings. The number of amides is 2. The summed E-state index contributed by atoms with van der Waals surface area (Å²) in [6, 6.07) is 15.2. The van der Waals surface area contributed by atoms with E-state index in [2.05, 4.69) is 35.3 Å². The highest BCUT2D eigenvalue weighted by Gasteiger charge is 2.24. The molecule has 5 nitrogen and oxygen atoms in total. The van der Waals surface area contributed by atoms with Crippen molar-refractivity contribution in [2.45, 2.75) is 19.4 Å². The van der Waals surface area contributed by atoms with E-state index in [4.69, 9.17) is 5.73 Å². The minimum Gasteiger partial charge on any atom is -0.367 e. The van der Waals surface area contributed by atoms with Gasteiger partial charge in [-0.15, -0.1) is 0 Å². The average molecular weight is 323 g/mol. The van der Waals surface area contributed by atoms with Gasteiger partial charge >= 0.3 is 0 Å². The van der Waals surface area contributed by atoms with Crippen molar-refractivity contribution in [1.82, 2.24) is 5.32 Å². The van der Waals surface area contributed by atoms with Crippen molar-refractivity contribution in [3.63, 3.8) is 0 Å². The number of hydrogen-bond donors (Lipinski definition) is 2. The third-order valence-corrected chi connectivity index (χ3v) is 4.42. The van der Waals surface area contributed by atoms with E-state index in [1.807, 2.05) is 6.07 Å². The molecule has 124 valence electrons. The summed E-state index contributed by atoms with van der Waals surface area (Å²) in [6.07, 6.45) is 1.04. The molecule has 5 heteroatoms. The first kappa shape index (κ1) is 16.1. The summed E-state index contributed by atoms with van der Waals surface area (Å²) in [6.45, 7) is 3.53. The molecule has 0 spiro atoms. The Morgan fingerprint density at radius 2 is 1.79 bits per heavy atom. The third kappa shape index (κ3) is 3.25. The standard InChI is InChI=1S/C19H21N3O2/c1-13-12-16-4-2-3-5-17(16)22(13)11-10-21-19(24)15-8-6-14(7-9-15)18(20)23/h2-9,13H,10-12H2,1H3,(H2,20,23)(H,21,24). The van der Waals surface area contributed by atoms with Crippen LogP contribution in [0.1, 0.15) is 33.2 Å². The fourth-order valence-electron chi connectivity index (χ4n) is 3.15. The van der Waals surface area contributed by atoms with Crippen LogP contribution in [0, 0.1) is 0 Å². The summed E-state index contributed by atoms with van der Waals surface area (Å²) in [5.41, 5.74) is 8.73. The Balaban J connectivity index is 1.56. The number of para-hydroxylation sites is 1. The maximum atomic E-state index is 12.2. The Labute approximate surface area is 141 Å². The van der Waals surface area contributed by atoms with Gasteiger partial charge in [0.25, 0.3) is 5.91 Å². The maximum Gasteiger partial charge on any atom is 0.251 e. The largest absolute Gasteiger partial charge is 0.367 e. The van der Waals surface area contributed by atoms with Crippen molar-refractivity contribution in [1.29, 1.82) is 0 Å². The number of rotatable bonds is 5. The van der Waals surface area contributed by atoms with E-state index in [0.717, 1.165) is 13.0 Å². The molecule has 1 aliphatic heterocycles. The van der Waals surface area contributed by atoms with E-state index in [-0.39, 0.29) is 5.91 Å². The minimum atomic E-state index is -0.497. The first-order chi connectivity index (χ1) is 11.6. The SMILES string of the molecule is CC1Cc2ccccc2N1CCNC(=O)c1ccc(C(N)=O)cc1. The predicted octanol–water partition coefficient (Wildman–Crippen LogP) is 1.97. The van der Waals surface area contributed by atoms with Gasteiger partial charge in [0, 0.05) is 35.9 Å². The number of carbonyl (C=O) groups excluding carboxylic acids is 2. The lowest BCUT2D eigenvalue weighted by molar-refractivity contribution is 0.0951. The number of anilines is 1. The zero-order chi connectivity index (χ0) is 17.1. The molecule has 2 aromatic carbocycles. The molecule has 0 saturated heterocycles. The van der Waals surface area contributed by atoms with Gasteiger partial charge in [-0.05, 0) is 49.2 Å². The number of carbonyl (C=O) groups is 2. The Morgan fingerprint density at radius 1 is 1.12 bits per heavy atom. The zero-order valence-corrected chi connectivity index (χ0v) is 13.7. The lowest BCUT2D eigenvalue weighted by Crippen LogP contribution is -2.37. The third-order valence-electron chi connectivity index (χ3n) is 4.42. The average Bonchev–Trinajstić information content (AvgIpc) is 2.90. The first-order valence-corrected chi connectivity index (χ1v) is 8.09. The second kappa shape index (κ2) is 6.74. The van der Waals surface area contributed by atoms with Gasteiger partial charge in [-0.1, -0.05) is 18.2 Å². The van der Waals surface area contributed by atoms with Gasteiger partial charge in [-0.2, -0.15) is 0 Å². The normalized spacial score (nSPS) is 15.9. The van der Waals surface area contributed by atoms with E-state index in [1.54, 1.807) is 24.3 Å². The van der Waals surface area contributed by atoms with Crippen LogP contribution in [-0.2, 0) is 6.42 Å². The summed E-state index contributed by atoms with van der Waals surface area (Å²) in [5, 5.41) is 2.93. The highest BCUT2D eigenvalue weighted by Crippen LogP contribution is 2.31. The Hall–Kier alpha value is -2.82. The lowest BCUT2D eigenvalue weighted by atomic mass is 10.1. The molecule has 0 radical (unpaired) electrons. The van der Waals surface area contributed by atoms with Crippen LogP contribution >= 0.6 is 0 Å². The van der Waals surface area contributed by atoms with E-state index < -0.39 is 5.91 Å². The van der Waals surface area contributed by atoms with Crippen molar-refractivity contribution < 1.29 is 9.59 Å². The van der Waals surface area contributed by atoms with Crippen LogP contribution in [0.4, 0.5) is 5.69 Å². The van der Waals surface area contributed by atoms with Gasteiger partial charge in [0.1, 0.15) is 0 Å². The van der Waals surface area contributed by atoms with Crippen molar-refractivity contribution in [2.75, 3.05) is 18.0 Å². The van der Waals surface area contributed by atoms with Gasteiger partial charge in [0.15, 0.2) is 0 Å². The number of nitrogens with one attached hydrogen (secondary N) is 1. The van der Waals surface area contributed by atoms with Gasteiger partial charge in [0.2, 0.25) is 5.91 Å². The number of benzene rings is 2. The summed E-state index contributed by atoms with van der Waals surface area (Å²) in [5.74, 6) is -0.644. The number of fused-ring (bicyclic) bond motifs is 1. The van der Waals surface area contributed by atoms with Crippen LogP contribution in [0.5, 0.6) is 0 Å². The van der Waals surface area contributed by atoms with Crippen LogP contribution in [-0.4, -0.2) is 30.9 Å². The van der Waals surface area contributed by atoms with E-state index in [1.165, 1.54) is 11.3 Å². The quantitative estimate of drug-likeness (QED) is 0.883. The van der Waals surface area contributed by atoms with Crippen molar-refractivity contribution in [3.8, 4) is 0 Å². The van der Waals surface area contributed by atoms with Gasteiger partial charge in [-0.25, -0.2) is 0 Å². The fraction of sp³-hybridized carbons (Fsp3) is 0.263. The maximum absolute atomic E-state index is 12.2. The summed E-state index contributed by atoms with van der Waals surface area (Å²) < 4.78 is 0. The molecule has 0 bridgehead atoms. The second-order valence-corrected chi connectivity index (χ2v) is 6.07. The van der Waals surface area contributed by atoms with E-state index in [0.29, 0.717) is 23.7 Å². The number of primary amides is 1. The molecule has 0 aromatic heterocycles. The van der Waals surface area contributed by atoms with Crippen LogP contribution < -0.4 is 16.0 Å². The highest BCUT2D eigenvalue weighted by molar-refractivity contribution is 5.97. The number of nitrogens with two attached hydrogens (primary N) is 1. The van der Waals surface area contributed by atoms with E-state index >= 15 is 0 Å². The van der Waals surface area contributed by atoms with Crippen LogP contribution in [0.3, 0.4) is 0 Å². The van der Waals surface area contributed by atoms with E-state index in [9.17, 15) is 9.59 Å². The molecule has 2 amide bonds. The van der Waals surface area contributed by atoms with Crippen molar-refractivity contribution in [2.24, 2.45) is 5.73 Å². The Bertz CT molecular complexity index is 755. The molecule has 24 heavy (non-hydrogen) atoms. The molecule has 1 heterocycles. The fourth-order valence-corrected chi connectivity index (χ4v) is 3.15. The zero-order valence-electron chi connectivity index (χ0n) is 13.7. The predicted molar refractivity (Wildman–Crippen MR) is 94.2 cm³/mol. The topological polar surface area (TPSA) is 75.4 Å². The molecule has 1 unspecified atom stereocenters. The van der Waals surface area contributed by atoms with Crippen LogP contribution in [0.25, 0.3) is 0 Å². The summed E-state index contributed by atoms with van der Waals surface area (Å²) >= 11 is 0. The molecule has 3 rings (SSSR count). The second-order valence-electron chi connectivity index (χ2n) is 6.07. The number of nitrogens with zero attached hydrogens (tertiary/aromatic N) is 1. The smallest absolute Gasteiger partial charge is 0.251 e. The molecular formula is C19H21N3O2. The molecular weight excluding hydrogens is 302 g/mol. The Morgan fingerprint density at radius 3 is 2.50 bits per heavy atom. The van der Waals surface area contributed by atoms with Crippen molar-refractivity contribution in [3.05, 3.63) is 65.2 Å².